The summed E-state index contributed by atoms with van der Waals surface area (Å²) in [5, 5.41) is 9.52. The molecule has 7 heteroatoms. The third-order valence-electron chi connectivity index (χ3n) is 3.29. The van der Waals surface area contributed by atoms with Crippen molar-refractivity contribution in [2.24, 2.45) is 0 Å². The maximum absolute atomic E-state index is 12.6. The van der Waals surface area contributed by atoms with Crippen molar-refractivity contribution in [2.45, 2.75) is 38.6 Å². The summed E-state index contributed by atoms with van der Waals surface area (Å²) in [5.74, 6) is 1.05. The molecular weight excluding hydrogens is 249 g/mol. The van der Waals surface area contributed by atoms with Crippen LogP contribution < -0.4 is 0 Å². The molecule has 0 bridgehead atoms. The lowest BCUT2D eigenvalue weighted by Gasteiger charge is -2.25. The van der Waals surface area contributed by atoms with E-state index in [0.717, 1.165) is 5.69 Å². The van der Waals surface area contributed by atoms with Crippen molar-refractivity contribution in [3.8, 4) is 0 Å². The fourth-order valence-electron chi connectivity index (χ4n) is 2.04. The Morgan fingerprint density at radius 2 is 2.11 bits per heavy atom. The molecule has 0 spiro atoms. The number of halogens is 3. The number of alkyl halides is 3. The third kappa shape index (κ3) is 2.37. The van der Waals surface area contributed by atoms with Crippen LogP contribution >= 0.6 is 0 Å². The van der Waals surface area contributed by atoms with Crippen molar-refractivity contribution < 1.29 is 22.7 Å². The van der Waals surface area contributed by atoms with Gasteiger partial charge in [0.15, 0.2) is 5.60 Å². The van der Waals surface area contributed by atoms with Crippen molar-refractivity contribution in [3.63, 3.8) is 0 Å². The molecule has 18 heavy (non-hydrogen) atoms. The quantitative estimate of drug-likeness (QED) is 0.884. The van der Waals surface area contributed by atoms with E-state index in [9.17, 15) is 18.3 Å². The third-order valence-corrected chi connectivity index (χ3v) is 3.29. The fraction of sp³-hybridized carbons (Fsp3) is 0.727. The molecule has 1 aliphatic heterocycles. The number of hydrogen-bond acceptors (Lipinski definition) is 4. The average Bonchev–Trinajstić information content (AvgIpc) is 2.72. The molecule has 102 valence electrons. The van der Waals surface area contributed by atoms with Crippen molar-refractivity contribution in [2.75, 3.05) is 13.1 Å². The number of aryl methyl sites for hydroxylation is 2. The molecule has 0 aromatic carbocycles. The SMILES string of the molecule is Cc1nc(CN2CCC(O)(C(F)(F)F)C2)oc1C. The van der Waals surface area contributed by atoms with Gasteiger partial charge in [-0.1, -0.05) is 0 Å². The number of nitrogens with zero attached hydrogens (tertiary/aromatic N) is 2. The molecule has 2 heterocycles. The minimum atomic E-state index is -4.59. The molecule has 1 atom stereocenters. The Labute approximate surface area is 102 Å². The average molecular weight is 264 g/mol. The van der Waals surface area contributed by atoms with Gasteiger partial charge in [-0.3, -0.25) is 4.90 Å². The molecule has 1 aliphatic rings. The number of aromatic nitrogens is 1. The van der Waals surface area contributed by atoms with E-state index in [1.807, 2.05) is 0 Å². The molecule has 1 aromatic rings. The van der Waals surface area contributed by atoms with Crippen LogP contribution in [0, 0.1) is 13.8 Å². The van der Waals surface area contributed by atoms with Crippen LogP contribution in [0.5, 0.6) is 0 Å². The largest absolute Gasteiger partial charge is 0.444 e. The van der Waals surface area contributed by atoms with Gasteiger partial charge in [-0.2, -0.15) is 13.2 Å². The van der Waals surface area contributed by atoms with Crippen LogP contribution in [0.2, 0.25) is 0 Å². The summed E-state index contributed by atoms with van der Waals surface area (Å²) in [5.41, 5.74) is -1.88. The molecule has 0 aliphatic carbocycles. The van der Waals surface area contributed by atoms with Gasteiger partial charge in [0.2, 0.25) is 5.89 Å². The molecule has 1 fully saturated rings. The van der Waals surface area contributed by atoms with Gasteiger partial charge in [-0.25, -0.2) is 4.98 Å². The number of β-amino-alcohol motifs (C(OH)–C–C–N with tert-alkyl or cyclic N) is 1. The number of likely N-dealkylation sites (tertiary alicyclic amines) is 1. The van der Waals surface area contributed by atoms with Crippen LogP contribution in [0.15, 0.2) is 4.42 Å². The van der Waals surface area contributed by atoms with E-state index < -0.39 is 18.3 Å². The number of hydrogen-bond donors (Lipinski definition) is 1. The first-order chi connectivity index (χ1) is 8.21. The van der Waals surface area contributed by atoms with Gasteiger partial charge >= 0.3 is 6.18 Å². The van der Waals surface area contributed by atoms with E-state index in [0.29, 0.717) is 11.7 Å². The van der Waals surface area contributed by atoms with Crippen LogP contribution in [0.3, 0.4) is 0 Å². The lowest BCUT2D eigenvalue weighted by atomic mass is 10.0. The summed E-state index contributed by atoms with van der Waals surface area (Å²) in [7, 11) is 0. The molecule has 0 amide bonds. The zero-order valence-corrected chi connectivity index (χ0v) is 10.2. The van der Waals surface area contributed by atoms with Gasteiger partial charge in [0.25, 0.3) is 0 Å². The Morgan fingerprint density at radius 1 is 1.44 bits per heavy atom. The van der Waals surface area contributed by atoms with Crippen LogP contribution in [0.25, 0.3) is 0 Å². The first kappa shape index (κ1) is 13.4. The standard InChI is InChI=1S/C11H15F3N2O2/c1-7-8(2)18-9(15-7)5-16-4-3-10(17,6-16)11(12,13)14/h17H,3-6H2,1-2H3. The molecular formula is C11H15F3N2O2. The van der Waals surface area contributed by atoms with Crippen LogP contribution in [0.1, 0.15) is 23.8 Å². The van der Waals surface area contributed by atoms with Gasteiger partial charge < -0.3 is 9.52 Å². The lowest BCUT2D eigenvalue weighted by Crippen LogP contribution is -2.47. The van der Waals surface area contributed by atoms with E-state index in [1.54, 1.807) is 13.8 Å². The number of oxazole rings is 1. The normalized spacial score (nSPS) is 25.9. The van der Waals surface area contributed by atoms with E-state index >= 15 is 0 Å². The van der Waals surface area contributed by atoms with Crippen molar-refractivity contribution in [3.05, 3.63) is 17.3 Å². The zero-order valence-electron chi connectivity index (χ0n) is 10.2. The predicted octanol–water partition coefficient (Wildman–Crippen LogP) is 1.79. The molecule has 1 unspecified atom stereocenters. The fourth-order valence-corrected chi connectivity index (χ4v) is 2.04. The van der Waals surface area contributed by atoms with E-state index in [4.69, 9.17) is 4.42 Å². The summed E-state index contributed by atoms with van der Waals surface area (Å²) >= 11 is 0. The highest BCUT2D eigenvalue weighted by Crippen LogP contribution is 2.37. The number of aliphatic hydroxyl groups is 1. The van der Waals surface area contributed by atoms with E-state index in [-0.39, 0.29) is 19.5 Å². The van der Waals surface area contributed by atoms with E-state index in [2.05, 4.69) is 4.98 Å². The molecule has 4 nitrogen and oxygen atoms in total. The lowest BCUT2D eigenvalue weighted by molar-refractivity contribution is -0.254. The summed E-state index contributed by atoms with van der Waals surface area (Å²) in [6.45, 7) is 3.46. The Bertz CT molecular complexity index is 424. The highest BCUT2D eigenvalue weighted by atomic mass is 19.4. The minimum Gasteiger partial charge on any atom is -0.444 e. The first-order valence-corrected chi connectivity index (χ1v) is 5.66. The Morgan fingerprint density at radius 3 is 2.56 bits per heavy atom. The Kier molecular flexibility index (Phi) is 3.14. The predicted molar refractivity (Wildman–Crippen MR) is 56.9 cm³/mol. The Hall–Kier alpha value is -1.08. The van der Waals surface area contributed by atoms with Crippen molar-refractivity contribution in [1.29, 1.82) is 0 Å². The molecule has 1 N–H and O–H groups in total. The van der Waals surface area contributed by atoms with Gasteiger partial charge in [0, 0.05) is 13.1 Å². The molecule has 0 saturated carbocycles. The van der Waals surface area contributed by atoms with Crippen molar-refractivity contribution in [1.82, 2.24) is 9.88 Å². The monoisotopic (exact) mass is 264 g/mol. The number of rotatable bonds is 2. The summed E-state index contributed by atoms with van der Waals surface area (Å²) in [6, 6.07) is 0. The molecule has 1 aromatic heterocycles. The maximum Gasteiger partial charge on any atom is 0.418 e. The molecule has 1 saturated heterocycles. The maximum atomic E-state index is 12.6. The van der Waals surface area contributed by atoms with Gasteiger partial charge in [-0.05, 0) is 20.3 Å². The zero-order chi connectivity index (χ0) is 13.6. The summed E-state index contributed by atoms with van der Waals surface area (Å²) in [4.78, 5) is 5.61. The Balaban J connectivity index is 2.02. The molecule has 2 rings (SSSR count). The smallest absolute Gasteiger partial charge is 0.418 e. The van der Waals surface area contributed by atoms with Gasteiger partial charge in [0.05, 0.1) is 12.2 Å². The summed E-state index contributed by atoms with van der Waals surface area (Å²) in [6.07, 6.45) is -4.90. The van der Waals surface area contributed by atoms with Crippen LogP contribution in [-0.2, 0) is 6.54 Å². The second kappa shape index (κ2) is 4.24. The first-order valence-electron chi connectivity index (χ1n) is 5.66. The highest BCUT2D eigenvalue weighted by molar-refractivity contribution is 5.06. The van der Waals surface area contributed by atoms with Crippen LogP contribution in [0.4, 0.5) is 13.2 Å². The second-order valence-electron chi connectivity index (χ2n) is 4.74. The molecule has 0 radical (unpaired) electrons. The van der Waals surface area contributed by atoms with Gasteiger partial charge in [0.1, 0.15) is 5.76 Å². The van der Waals surface area contributed by atoms with Crippen molar-refractivity contribution >= 4 is 0 Å². The van der Waals surface area contributed by atoms with Gasteiger partial charge in [-0.15, -0.1) is 0 Å². The highest BCUT2D eigenvalue weighted by Gasteiger charge is 2.57. The van der Waals surface area contributed by atoms with E-state index in [1.165, 1.54) is 4.90 Å². The van der Waals surface area contributed by atoms with Crippen LogP contribution in [-0.4, -0.2) is 39.9 Å². The second-order valence-corrected chi connectivity index (χ2v) is 4.74. The summed E-state index contributed by atoms with van der Waals surface area (Å²) < 4.78 is 43.1. The topological polar surface area (TPSA) is 49.5 Å². The minimum absolute atomic E-state index is 0.177.